The van der Waals surface area contributed by atoms with Gasteiger partial charge in [-0.1, -0.05) is 0 Å². The van der Waals surface area contributed by atoms with Gasteiger partial charge in [-0.05, 0) is 6.92 Å². The van der Waals surface area contributed by atoms with Crippen LogP contribution in [0.5, 0.6) is 0 Å². The Labute approximate surface area is 365 Å². The number of ether oxygens (including phenoxy) is 8. The fourth-order valence-corrected chi connectivity index (χ4v) is 7.66. The van der Waals surface area contributed by atoms with Gasteiger partial charge in [0.15, 0.2) is 25.2 Å². The SMILES string of the molecule is CC(=O)N[C@H]1[C@@H](O[C@H]2[C@@H](O)[C@@H](CO)O[C@@H](O[C@@H]([C@@H](O)[C@H](O)CO[C@@H]3O[C@H](CO)[C@@H](O)[C@H](O)[C@H]3NC(C)=O)[C@H](CO)NC(C)=O)[C@@H]2O[C@@H]2O[C@@H](C)[C@@H](O)[C@@H](O)[C@@H]2O)O[C@H](CO)[C@H](O)[C@@H]1O. The van der Waals surface area contributed by atoms with E-state index in [2.05, 4.69) is 16.0 Å². The van der Waals surface area contributed by atoms with Crippen LogP contribution < -0.4 is 16.0 Å². The van der Waals surface area contributed by atoms with Gasteiger partial charge in [0.05, 0.1) is 45.2 Å². The van der Waals surface area contributed by atoms with Gasteiger partial charge in [0.2, 0.25) is 17.7 Å². The highest BCUT2D eigenvalue weighted by Crippen LogP contribution is 2.35. The molecule has 0 spiro atoms. The predicted octanol–water partition coefficient (Wildman–Crippen LogP) is -10.8. The zero-order chi connectivity index (χ0) is 47.9. The molecule has 28 nitrogen and oxygen atoms in total. The molecule has 372 valence electrons. The quantitative estimate of drug-likeness (QED) is 0.0572. The Morgan fingerprint density at radius 1 is 0.562 bits per heavy atom. The molecule has 28 heteroatoms. The van der Waals surface area contributed by atoms with Crippen molar-refractivity contribution in [3.8, 4) is 0 Å². The summed E-state index contributed by atoms with van der Waals surface area (Å²) in [5.41, 5.74) is 0. The van der Waals surface area contributed by atoms with Crippen LogP contribution in [0, 0.1) is 0 Å². The average Bonchev–Trinajstić information content (AvgIpc) is 3.25. The van der Waals surface area contributed by atoms with E-state index >= 15 is 0 Å². The van der Waals surface area contributed by atoms with Gasteiger partial charge in [-0.15, -0.1) is 0 Å². The number of aliphatic hydroxyl groups excluding tert-OH is 14. The maximum Gasteiger partial charge on any atom is 0.217 e. The fraction of sp³-hybridized carbons (Fsp3) is 0.917. The number of aliphatic hydroxyl groups is 14. The summed E-state index contributed by atoms with van der Waals surface area (Å²) in [5.74, 6) is -2.30. The van der Waals surface area contributed by atoms with Gasteiger partial charge in [-0.25, -0.2) is 0 Å². The number of carbonyl (C=O) groups is 3. The van der Waals surface area contributed by atoms with E-state index in [1.54, 1.807) is 0 Å². The van der Waals surface area contributed by atoms with Crippen molar-refractivity contribution in [3.63, 3.8) is 0 Å². The van der Waals surface area contributed by atoms with E-state index in [-0.39, 0.29) is 0 Å². The Bertz CT molecular complexity index is 1490. The van der Waals surface area contributed by atoms with Crippen LogP contribution in [-0.4, -0.2) is 269 Å². The van der Waals surface area contributed by atoms with Crippen molar-refractivity contribution in [2.45, 2.75) is 175 Å². The second kappa shape index (κ2) is 24.0. The molecule has 4 fully saturated rings. The van der Waals surface area contributed by atoms with Gasteiger partial charge in [0.1, 0.15) is 110 Å². The first kappa shape index (κ1) is 54.1. The number of amides is 3. The summed E-state index contributed by atoms with van der Waals surface area (Å²) in [6.07, 6.45) is -39.0. The standard InChI is InChI=1S/C36H63N3O25/c1-10-21(48)28(55)29(56)35(58-10)64-32-31(63-34-20(39-13(4)46)27(54)24(51)17(7-42)60-34)25(52)18(8-43)61-36(32)62-30(14(5-40)37-11(2)44)22(49)15(47)9-57-33-19(38-12(3)45)26(53)23(50)16(6-41)59-33/h10,14-36,40-43,47-56H,5-9H2,1-4H3,(H,37,44)(H,38,45)(H,39,46)/t10-,14-,15+,16+,17+,18+,19+,20+,21+,22-,23+,24-,25-,26+,27+,28+,29-,30+,31-,32+,33+,34+,35-,36-/m0/s1. The van der Waals surface area contributed by atoms with Crippen LogP contribution in [0.1, 0.15) is 27.7 Å². The molecule has 0 unspecified atom stereocenters. The van der Waals surface area contributed by atoms with Gasteiger partial charge < -0.3 is 125 Å². The molecule has 0 aliphatic carbocycles. The smallest absolute Gasteiger partial charge is 0.217 e. The average molecular weight is 938 g/mol. The van der Waals surface area contributed by atoms with Crippen molar-refractivity contribution in [2.24, 2.45) is 0 Å². The number of carbonyl (C=O) groups excluding carboxylic acids is 3. The van der Waals surface area contributed by atoms with Crippen molar-refractivity contribution >= 4 is 17.7 Å². The zero-order valence-corrected chi connectivity index (χ0v) is 35.1. The molecule has 64 heavy (non-hydrogen) atoms. The first-order chi connectivity index (χ1) is 30.1. The van der Waals surface area contributed by atoms with Gasteiger partial charge in [-0.2, -0.15) is 0 Å². The number of hydrogen-bond acceptors (Lipinski definition) is 25. The summed E-state index contributed by atoms with van der Waals surface area (Å²) in [4.78, 5) is 36.5. The van der Waals surface area contributed by atoms with E-state index in [4.69, 9.17) is 37.9 Å². The fourth-order valence-electron chi connectivity index (χ4n) is 7.66. The summed E-state index contributed by atoms with van der Waals surface area (Å²) in [6, 6.07) is -4.82. The molecule has 0 saturated carbocycles. The van der Waals surface area contributed by atoms with Crippen LogP contribution in [0.25, 0.3) is 0 Å². The molecule has 3 amide bonds. The third kappa shape index (κ3) is 12.7. The van der Waals surface area contributed by atoms with Crippen LogP contribution in [0.4, 0.5) is 0 Å². The van der Waals surface area contributed by atoms with Crippen LogP contribution in [0.3, 0.4) is 0 Å². The lowest BCUT2D eigenvalue weighted by Crippen LogP contribution is -2.69. The second-order valence-electron chi connectivity index (χ2n) is 15.9. The van der Waals surface area contributed by atoms with E-state index in [0.717, 1.165) is 20.8 Å². The molecular weight excluding hydrogens is 874 g/mol. The summed E-state index contributed by atoms with van der Waals surface area (Å²) >= 11 is 0. The topological polar surface area (TPSA) is 444 Å². The molecule has 0 aromatic heterocycles. The maximum absolute atomic E-state index is 12.4. The number of rotatable bonds is 19. The molecule has 0 aromatic rings. The summed E-state index contributed by atoms with van der Waals surface area (Å²) in [5, 5.41) is 157. The Morgan fingerprint density at radius 2 is 1.05 bits per heavy atom. The van der Waals surface area contributed by atoms with Crippen LogP contribution in [-0.2, 0) is 52.3 Å². The molecule has 24 atom stereocenters. The lowest BCUT2D eigenvalue weighted by atomic mass is 9.94. The first-order valence-electron chi connectivity index (χ1n) is 20.4. The Hall–Kier alpha value is -2.47. The predicted molar refractivity (Wildman–Crippen MR) is 202 cm³/mol. The highest BCUT2D eigenvalue weighted by atomic mass is 16.8. The van der Waals surface area contributed by atoms with Gasteiger partial charge in [0.25, 0.3) is 0 Å². The third-order valence-electron chi connectivity index (χ3n) is 11.1. The third-order valence-corrected chi connectivity index (χ3v) is 11.1. The minimum absolute atomic E-state index is 0.710. The summed E-state index contributed by atoms with van der Waals surface area (Å²) in [7, 11) is 0. The maximum atomic E-state index is 12.4. The van der Waals surface area contributed by atoms with Crippen molar-refractivity contribution in [3.05, 3.63) is 0 Å². The number of nitrogens with one attached hydrogen (secondary N) is 3. The van der Waals surface area contributed by atoms with Crippen molar-refractivity contribution < 1.29 is 124 Å². The Morgan fingerprint density at radius 3 is 1.55 bits per heavy atom. The molecule has 17 N–H and O–H groups in total. The minimum atomic E-state index is -2.28. The number of hydrogen-bond donors (Lipinski definition) is 17. The molecule has 4 saturated heterocycles. The van der Waals surface area contributed by atoms with Crippen LogP contribution >= 0.6 is 0 Å². The zero-order valence-electron chi connectivity index (χ0n) is 35.1. The molecule has 0 bridgehead atoms. The largest absolute Gasteiger partial charge is 0.394 e. The normalized spacial score (nSPS) is 42.5. The lowest BCUT2D eigenvalue weighted by molar-refractivity contribution is -0.392. The van der Waals surface area contributed by atoms with Crippen molar-refractivity contribution in [2.75, 3.05) is 33.0 Å². The minimum Gasteiger partial charge on any atom is -0.394 e. The second-order valence-corrected chi connectivity index (χ2v) is 15.9. The summed E-state index contributed by atoms with van der Waals surface area (Å²) < 4.78 is 46.4. The molecule has 4 heterocycles. The molecular formula is C36H63N3O25. The molecule has 0 aromatic carbocycles. The van der Waals surface area contributed by atoms with E-state index in [0.29, 0.717) is 0 Å². The molecule has 0 radical (unpaired) electrons. The summed E-state index contributed by atoms with van der Waals surface area (Å²) in [6.45, 7) is -0.353. The van der Waals surface area contributed by atoms with Crippen LogP contribution in [0.2, 0.25) is 0 Å². The first-order valence-corrected chi connectivity index (χ1v) is 20.4. The van der Waals surface area contributed by atoms with Crippen LogP contribution in [0.15, 0.2) is 0 Å². The van der Waals surface area contributed by atoms with Gasteiger partial charge in [-0.3, -0.25) is 14.4 Å². The van der Waals surface area contributed by atoms with E-state index < -0.39 is 198 Å². The molecule has 4 aliphatic rings. The highest BCUT2D eigenvalue weighted by Gasteiger charge is 2.56. The Balaban J connectivity index is 1.75. The van der Waals surface area contributed by atoms with E-state index in [1.165, 1.54) is 6.92 Å². The van der Waals surface area contributed by atoms with Crippen molar-refractivity contribution in [1.29, 1.82) is 0 Å². The van der Waals surface area contributed by atoms with Crippen molar-refractivity contribution in [1.82, 2.24) is 16.0 Å². The lowest BCUT2D eigenvalue weighted by Gasteiger charge is -2.50. The highest BCUT2D eigenvalue weighted by molar-refractivity contribution is 5.74. The van der Waals surface area contributed by atoms with E-state index in [1.807, 2.05) is 0 Å². The Kier molecular flexibility index (Phi) is 20.3. The molecule has 4 aliphatic heterocycles. The van der Waals surface area contributed by atoms with Gasteiger partial charge in [0, 0.05) is 20.8 Å². The van der Waals surface area contributed by atoms with E-state index in [9.17, 15) is 85.9 Å². The van der Waals surface area contributed by atoms with Gasteiger partial charge >= 0.3 is 0 Å². The monoisotopic (exact) mass is 937 g/mol. The molecule has 4 rings (SSSR count).